The van der Waals surface area contributed by atoms with Crippen LogP contribution in [-0.2, 0) is 14.3 Å². The number of rotatable bonds is 4. The van der Waals surface area contributed by atoms with E-state index in [4.69, 9.17) is 9.47 Å². The van der Waals surface area contributed by atoms with Crippen LogP contribution in [0.15, 0.2) is 30.4 Å². The molecule has 0 N–H and O–H groups in total. The van der Waals surface area contributed by atoms with Crippen LogP contribution in [0.1, 0.15) is 24.2 Å². The van der Waals surface area contributed by atoms with Gasteiger partial charge in [-0.25, -0.2) is 4.90 Å². The Morgan fingerprint density at radius 3 is 2.33 bits per heavy atom. The number of anilines is 1. The fraction of sp³-hybridized carbons (Fsp3) is 0.389. The van der Waals surface area contributed by atoms with Gasteiger partial charge in [-0.1, -0.05) is 12.2 Å². The minimum Gasteiger partial charge on any atom is -0.492 e. The monoisotopic (exact) mass is 327 g/mol. The first-order valence-electron chi connectivity index (χ1n) is 8.02. The Morgan fingerprint density at radius 2 is 1.79 bits per heavy atom. The average Bonchev–Trinajstić information content (AvgIpc) is 3.22. The number of Topliss-reactive ketones (excluding diaryl/α,β-unsaturated/α-hetero) is 1. The second-order valence-electron chi connectivity index (χ2n) is 6.19. The highest BCUT2D eigenvalue weighted by Crippen LogP contribution is 2.47. The third-order valence-electron chi connectivity index (χ3n) is 4.82. The van der Waals surface area contributed by atoms with Gasteiger partial charge in [0.2, 0.25) is 11.8 Å². The summed E-state index contributed by atoms with van der Waals surface area (Å²) in [7, 11) is 0. The Kier molecular flexibility index (Phi) is 3.31. The third-order valence-corrected chi connectivity index (χ3v) is 4.82. The van der Waals surface area contributed by atoms with Crippen molar-refractivity contribution < 1.29 is 23.9 Å². The van der Waals surface area contributed by atoms with E-state index < -0.39 is 11.8 Å². The van der Waals surface area contributed by atoms with E-state index in [2.05, 4.69) is 0 Å². The lowest BCUT2D eigenvalue weighted by atomic mass is 9.85. The maximum atomic E-state index is 12.9. The number of nitrogens with zero attached hydrogens (tertiary/aromatic N) is 1. The molecule has 2 bridgehead atoms. The Bertz CT molecular complexity index is 754. The molecular formula is C18H17NO5. The molecule has 2 amide bonds. The number of carbonyl (C=O) groups is 3. The molecule has 0 aliphatic carbocycles. The van der Waals surface area contributed by atoms with E-state index in [0.29, 0.717) is 23.6 Å². The topological polar surface area (TPSA) is 72.9 Å². The van der Waals surface area contributed by atoms with Crippen molar-refractivity contribution in [1.82, 2.24) is 0 Å². The number of imide groups is 1. The van der Waals surface area contributed by atoms with E-state index in [0.717, 1.165) is 0 Å². The van der Waals surface area contributed by atoms with Crippen LogP contribution in [0, 0.1) is 11.8 Å². The summed E-state index contributed by atoms with van der Waals surface area (Å²) >= 11 is 0. The maximum absolute atomic E-state index is 12.9. The van der Waals surface area contributed by atoms with Gasteiger partial charge < -0.3 is 9.47 Å². The Morgan fingerprint density at radius 1 is 1.17 bits per heavy atom. The fourth-order valence-electron chi connectivity index (χ4n) is 3.73. The standard InChI is InChI=1S/C18H17NO5/c1-3-23-12-5-4-10(9(2)20)8-11(12)19-17(21)15-13-6-7-14(24-13)16(15)18(19)22/h4-8,13-16H,3H2,1-2H3/t13-,14-,15-,16-/m1/s1. The van der Waals surface area contributed by atoms with Gasteiger partial charge in [-0.2, -0.15) is 0 Å². The van der Waals surface area contributed by atoms with Crippen LogP contribution in [0.25, 0.3) is 0 Å². The van der Waals surface area contributed by atoms with Crippen LogP contribution in [0.5, 0.6) is 5.75 Å². The van der Waals surface area contributed by atoms with Gasteiger partial charge in [0.05, 0.1) is 36.3 Å². The lowest BCUT2D eigenvalue weighted by molar-refractivity contribution is -0.124. The lowest BCUT2D eigenvalue weighted by Crippen LogP contribution is -2.34. The molecule has 24 heavy (non-hydrogen) atoms. The molecule has 2 fully saturated rings. The van der Waals surface area contributed by atoms with Crippen molar-refractivity contribution in [2.24, 2.45) is 11.8 Å². The molecule has 3 aliphatic heterocycles. The average molecular weight is 327 g/mol. The van der Waals surface area contributed by atoms with Gasteiger partial charge in [0.25, 0.3) is 0 Å². The summed E-state index contributed by atoms with van der Waals surface area (Å²) in [6.07, 6.45) is 3.01. The smallest absolute Gasteiger partial charge is 0.240 e. The molecule has 4 rings (SSSR count). The zero-order chi connectivity index (χ0) is 17.0. The molecule has 0 radical (unpaired) electrons. The van der Waals surface area contributed by atoms with E-state index in [9.17, 15) is 14.4 Å². The van der Waals surface area contributed by atoms with E-state index in [1.165, 1.54) is 11.8 Å². The van der Waals surface area contributed by atoms with Crippen LogP contribution in [0.3, 0.4) is 0 Å². The second-order valence-corrected chi connectivity index (χ2v) is 6.19. The first kappa shape index (κ1) is 15.1. The molecule has 6 nitrogen and oxygen atoms in total. The van der Waals surface area contributed by atoms with Crippen molar-refractivity contribution in [3.8, 4) is 5.75 Å². The molecular weight excluding hydrogens is 310 g/mol. The minimum atomic E-state index is -0.483. The summed E-state index contributed by atoms with van der Waals surface area (Å²) in [5.74, 6) is -1.26. The molecule has 1 aromatic carbocycles. The molecule has 0 saturated carbocycles. The minimum absolute atomic E-state index is 0.136. The van der Waals surface area contributed by atoms with Crippen molar-refractivity contribution in [3.63, 3.8) is 0 Å². The van der Waals surface area contributed by atoms with Gasteiger partial charge in [0, 0.05) is 5.56 Å². The number of carbonyl (C=O) groups excluding carboxylic acids is 3. The zero-order valence-corrected chi connectivity index (χ0v) is 13.4. The predicted octanol–water partition coefficient (Wildman–Crippen LogP) is 1.73. The van der Waals surface area contributed by atoms with Crippen LogP contribution in [0.4, 0.5) is 5.69 Å². The zero-order valence-electron chi connectivity index (χ0n) is 13.4. The Labute approximate surface area is 139 Å². The number of benzene rings is 1. The molecule has 3 heterocycles. The molecule has 6 heteroatoms. The molecule has 0 aromatic heterocycles. The quantitative estimate of drug-likeness (QED) is 0.478. The van der Waals surface area contributed by atoms with Gasteiger partial charge in [0.15, 0.2) is 5.78 Å². The first-order valence-corrected chi connectivity index (χ1v) is 8.02. The van der Waals surface area contributed by atoms with Crippen LogP contribution in [0.2, 0.25) is 0 Å². The number of hydrogen-bond acceptors (Lipinski definition) is 5. The Balaban J connectivity index is 1.78. The number of amides is 2. The van der Waals surface area contributed by atoms with Crippen molar-refractivity contribution in [2.45, 2.75) is 26.1 Å². The molecule has 2 saturated heterocycles. The van der Waals surface area contributed by atoms with Crippen molar-refractivity contribution in [3.05, 3.63) is 35.9 Å². The molecule has 3 aliphatic rings. The highest BCUT2D eigenvalue weighted by atomic mass is 16.5. The second kappa shape index (κ2) is 5.27. The van der Waals surface area contributed by atoms with Gasteiger partial charge in [-0.05, 0) is 32.0 Å². The fourth-order valence-corrected chi connectivity index (χ4v) is 3.73. The molecule has 0 unspecified atom stereocenters. The molecule has 4 atom stereocenters. The summed E-state index contributed by atoms with van der Waals surface area (Å²) < 4.78 is 11.2. The molecule has 124 valence electrons. The lowest BCUT2D eigenvalue weighted by Gasteiger charge is -2.21. The Hall–Kier alpha value is -2.47. The van der Waals surface area contributed by atoms with Crippen LogP contribution in [-0.4, -0.2) is 36.4 Å². The van der Waals surface area contributed by atoms with E-state index in [-0.39, 0.29) is 29.8 Å². The largest absolute Gasteiger partial charge is 0.492 e. The predicted molar refractivity (Wildman–Crippen MR) is 84.9 cm³/mol. The highest BCUT2D eigenvalue weighted by Gasteiger charge is 2.61. The third kappa shape index (κ3) is 1.96. The maximum Gasteiger partial charge on any atom is 0.240 e. The van der Waals surface area contributed by atoms with Gasteiger partial charge in [0.1, 0.15) is 5.75 Å². The molecule has 0 spiro atoms. The van der Waals surface area contributed by atoms with Gasteiger partial charge in [-0.15, -0.1) is 0 Å². The van der Waals surface area contributed by atoms with E-state index in [1.54, 1.807) is 18.2 Å². The summed E-state index contributed by atoms with van der Waals surface area (Å²) in [6, 6.07) is 4.82. The number of hydrogen-bond donors (Lipinski definition) is 0. The van der Waals surface area contributed by atoms with Crippen molar-refractivity contribution in [2.75, 3.05) is 11.5 Å². The first-order chi connectivity index (χ1) is 11.5. The van der Waals surface area contributed by atoms with Crippen LogP contribution >= 0.6 is 0 Å². The number of fused-ring (bicyclic) bond motifs is 5. The van der Waals surface area contributed by atoms with Gasteiger partial charge in [-0.3, -0.25) is 14.4 Å². The normalized spacial score (nSPS) is 30.2. The summed E-state index contributed by atoms with van der Waals surface area (Å²) in [4.78, 5) is 38.6. The highest BCUT2D eigenvalue weighted by molar-refractivity contribution is 6.24. The molecule has 1 aromatic rings. The van der Waals surface area contributed by atoms with E-state index in [1.807, 2.05) is 19.1 Å². The summed E-state index contributed by atoms with van der Waals surface area (Å²) in [5, 5.41) is 0. The SMILES string of the molecule is CCOc1ccc(C(C)=O)cc1N1C(=O)[C@H]2[C@H](C1=O)[C@H]1C=C[C@H]2O1. The summed E-state index contributed by atoms with van der Waals surface area (Å²) in [5.41, 5.74) is 0.775. The summed E-state index contributed by atoms with van der Waals surface area (Å²) in [6.45, 7) is 3.66. The van der Waals surface area contributed by atoms with E-state index >= 15 is 0 Å². The number of ketones is 1. The van der Waals surface area contributed by atoms with Crippen LogP contribution < -0.4 is 9.64 Å². The van der Waals surface area contributed by atoms with Crippen molar-refractivity contribution >= 4 is 23.3 Å². The van der Waals surface area contributed by atoms with Gasteiger partial charge >= 0.3 is 0 Å². The van der Waals surface area contributed by atoms with Crippen molar-refractivity contribution in [1.29, 1.82) is 0 Å². The number of ether oxygens (including phenoxy) is 2.